The first-order chi connectivity index (χ1) is 11.1. The van der Waals surface area contributed by atoms with E-state index in [1.807, 2.05) is 6.07 Å². The minimum absolute atomic E-state index is 0.0106. The third kappa shape index (κ3) is 3.33. The van der Waals surface area contributed by atoms with Crippen LogP contribution in [0.3, 0.4) is 0 Å². The summed E-state index contributed by atoms with van der Waals surface area (Å²) < 4.78 is 6.99. The van der Waals surface area contributed by atoms with Crippen LogP contribution in [0.4, 0.5) is 0 Å². The second-order valence-corrected chi connectivity index (χ2v) is 6.77. The highest BCUT2D eigenvalue weighted by atomic mass is 16.5. The van der Waals surface area contributed by atoms with E-state index in [2.05, 4.69) is 5.32 Å². The third-order valence-electron chi connectivity index (χ3n) is 5.01. The minimum atomic E-state index is -0.346. The van der Waals surface area contributed by atoms with Crippen molar-refractivity contribution in [2.75, 3.05) is 26.4 Å². The van der Waals surface area contributed by atoms with E-state index < -0.39 is 0 Å². The molecule has 23 heavy (non-hydrogen) atoms. The van der Waals surface area contributed by atoms with Crippen molar-refractivity contribution in [3.05, 3.63) is 33.7 Å². The van der Waals surface area contributed by atoms with Crippen molar-refractivity contribution in [1.29, 1.82) is 0 Å². The molecule has 2 N–H and O–H groups in total. The number of pyridine rings is 1. The maximum atomic E-state index is 12.5. The highest BCUT2D eigenvalue weighted by Crippen LogP contribution is 2.33. The smallest absolute Gasteiger partial charge is 0.263 e. The number of aliphatic hydroxyl groups excluding tert-OH is 1. The van der Waals surface area contributed by atoms with Crippen molar-refractivity contribution in [2.45, 2.75) is 38.6 Å². The number of hydrogen-bond donors (Lipinski definition) is 2. The molecular weight excluding hydrogens is 296 g/mol. The second-order valence-electron chi connectivity index (χ2n) is 6.77. The topological polar surface area (TPSA) is 80.6 Å². The van der Waals surface area contributed by atoms with E-state index in [0.29, 0.717) is 38.2 Å². The Balaban J connectivity index is 1.75. The molecule has 1 aliphatic heterocycles. The lowest BCUT2D eigenvalue weighted by atomic mass is 9.81. The lowest BCUT2D eigenvalue weighted by molar-refractivity contribution is -0.0146. The number of aromatic nitrogens is 1. The fourth-order valence-corrected chi connectivity index (χ4v) is 3.11. The second kappa shape index (κ2) is 6.45. The number of aryl methyl sites for hydroxylation is 1. The molecule has 1 aromatic rings. The molecule has 126 valence electrons. The van der Waals surface area contributed by atoms with Gasteiger partial charge in [-0.3, -0.25) is 9.59 Å². The van der Waals surface area contributed by atoms with E-state index >= 15 is 0 Å². The van der Waals surface area contributed by atoms with Gasteiger partial charge in [-0.15, -0.1) is 0 Å². The normalized spacial score (nSPS) is 20.3. The van der Waals surface area contributed by atoms with E-state index in [9.17, 15) is 14.7 Å². The van der Waals surface area contributed by atoms with E-state index in [1.54, 1.807) is 17.7 Å². The fraction of sp³-hybridized carbons (Fsp3) is 0.647. The van der Waals surface area contributed by atoms with Crippen LogP contribution in [0.1, 0.15) is 47.6 Å². The number of rotatable bonds is 5. The van der Waals surface area contributed by atoms with Gasteiger partial charge in [-0.2, -0.15) is 0 Å². The number of ether oxygens (including phenoxy) is 1. The summed E-state index contributed by atoms with van der Waals surface area (Å²) >= 11 is 0. The summed E-state index contributed by atoms with van der Waals surface area (Å²) in [6.07, 6.45) is 5.20. The number of carbonyl (C=O) groups excluding carboxylic acids is 1. The molecule has 1 aromatic heterocycles. The van der Waals surface area contributed by atoms with Crippen LogP contribution in [0.5, 0.6) is 0 Å². The molecule has 2 heterocycles. The molecule has 1 saturated heterocycles. The maximum absolute atomic E-state index is 12.5. The highest BCUT2D eigenvalue weighted by Gasteiger charge is 2.33. The van der Waals surface area contributed by atoms with Gasteiger partial charge in [0.05, 0.1) is 6.61 Å². The molecule has 6 heteroatoms. The number of carbonyl (C=O) groups is 1. The van der Waals surface area contributed by atoms with E-state index in [0.717, 1.165) is 12.8 Å². The summed E-state index contributed by atoms with van der Waals surface area (Å²) in [7, 11) is 0. The minimum Gasteiger partial charge on any atom is -0.396 e. The van der Waals surface area contributed by atoms with Gasteiger partial charge < -0.3 is 19.7 Å². The molecule has 0 unspecified atom stereocenters. The van der Waals surface area contributed by atoms with E-state index in [1.165, 1.54) is 0 Å². The zero-order chi connectivity index (χ0) is 16.4. The summed E-state index contributed by atoms with van der Waals surface area (Å²) in [5.74, 6) is -0.346. The van der Waals surface area contributed by atoms with Crippen molar-refractivity contribution in [3.8, 4) is 0 Å². The first-order valence-electron chi connectivity index (χ1n) is 8.25. The molecule has 0 bridgehead atoms. The Labute approximate surface area is 135 Å². The monoisotopic (exact) mass is 320 g/mol. The van der Waals surface area contributed by atoms with E-state index in [-0.39, 0.29) is 35.1 Å². The van der Waals surface area contributed by atoms with Crippen LogP contribution in [-0.2, 0) is 4.74 Å². The zero-order valence-electron chi connectivity index (χ0n) is 13.5. The van der Waals surface area contributed by atoms with E-state index in [4.69, 9.17) is 4.74 Å². The number of amides is 1. The van der Waals surface area contributed by atoms with Gasteiger partial charge in [0, 0.05) is 37.4 Å². The average Bonchev–Trinajstić information content (AvgIpc) is 3.39. The molecule has 1 aliphatic carbocycles. The molecule has 6 nitrogen and oxygen atoms in total. The Bertz CT molecular complexity index is 642. The molecule has 1 amide bonds. The predicted molar refractivity (Wildman–Crippen MR) is 85.6 cm³/mol. The largest absolute Gasteiger partial charge is 0.396 e. The van der Waals surface area contributed by atoms with Crippen LogP contribution < -0.4 is 10.9 Å². The van der Waals surface area contributed by atoms with Crippen molar-refractivity contribution in [1.82, 2.24) is 9.88 Å². The number of nitrogens with zero attached hydrogens (tertiary/aromatic N) is 1. The molecule has 3 rings (SSSR count). The molecule has 0 atom stereocenters. The van der Waals surface area contributed by atoms with Gasteiger partial charge in [0.15, 0.2) is 0 Å². The Kier molecular flexibility index (Phi) is 4.55. The zero-order valence-corrected chi connectivity index (χ0v) is 13.5. The summed E-state index contributed by atoms with van der Waals surface area (Å²) in [5.41, 5.74) is 0.357. The van der Waals surface area contributed by atoms with Crippen molar-refractivity contribution < 1.29 is 14.6 Å². The molecule has 0 radical (unpaired) electrons. The first-order valence-corrected chi connectivity index (χ1v) is 8.25. The SMILES string of the molecule is Cc1ccn(C2CC2)c(=O)c1C(=O)NCC1(CO)CCOCC1. The van der Waals surface area contributed by atoms with Crippen molar-refractivity contribution in [3.63, 3.8) is 0 Å². The fourth-order valence-electron chi connectivity index (χ4n) is 3.11. The predicted octanol–water partition coefficient (Wildman–Crippen LogP) is 1.01. The van der Waals surface area contributed by atoms with Crippen LogP contribution in [0.25, 0.3) is 0 Å². The van der Waals surface area contributed by atoms with Crippen molar-refractivity contribution in [2.24, 2.45) is 5.41 Å². The van der Waals surface area contributed by atoms with Crippen LogP contribution >= 0.6 is 0 Å². The van der Waals surface area contributed by atoms with Crippen LogP contribution in [0, 0.1) is 12.3 Å². The lowest BCUT2D eigenvalue weighted by Crippen LogP contribution is -2.45. The van der Waals surface area contributed by atoms with Gasteiger partial charge in [0.2, 0.25) is 0 Å². The van der Waals surface area contributed by atoms with Gasteiger partial charge in [-0.05, 0) is 44.2 Å². The summed E-state index contributed by atoms with van der Waals surface area (Å²) in [4.78, 5) is 25.1. The number of nitrogens with one attached hydrogen (secondary N) is 1. The quantitative estimate of drug-likeness (QED) is 0.848. The Morgan fingerprint density at radius 3 is 2.74 bits per heavy atom. The summed E-state index contributed by atoms with van der Waals surface area (Å²) in [6, 6.07) is 2.07. The van der Waals surface area contributed by atoms with Gasteiger partial charge >= 0.3 is 0 Å². The van der Waals surface area contributed by atoms with Gasteiger partial charge in [-0.25, -0.2) is 0 Å². The first kappa shape index (κ1) is 16.2. The molecule has 0 spiro atoms. The maximum Gasteiger partial charge on any atom is 0.263 e. The molecular formula is C17H24N2O4. The average molecular weight is 320 g/mol. The van der Waals surface area contributed by atoms with Crippen LogP contribution in [0.2, 0.25) is 0 Å². The summed E-state index contributed by atoms with van der Waals surface area (Å²) in [5, 5.41) is 12.5. The van der Waals surface area contributed by atoms with Gasteiger partial charge in [-0.1, -0.05) is 0 Å². The highest BCUT2D eigenvalue weighted by molar-refractivity contribution is 5.95. The van der Waals surface area contributed by atoms with Gasteiger partial charge in [0.25, 0.3) is 11.5 Å². The third-order valence-corrected chi connectivity index (χ3v) is 5.01. The van der Waals surface area contributed by atoms with Gasteiger partial charge in [0.1, 0.15) is 5.56 Å². The number of hydrogen-bond acceptors (Lipinski definition) is 4. The Morgan fingerprint density at radius 2 is 2.13 bits per heavy atom. The molecule has 2 fully saturated rings. The van der Waals surface area contributed by atoms with Crippen molar-refractivity contribution >= 4 is 5.91 Å². The molecule has 1 saturated carbocycles. The lowest BCUT2D eigenvalue weighted by Gasteiger charge is -2.35. The van der Waals surface area contributed by atoms with Crippen LogP contribution in [0.15, 0.2) is 17.1 Å². The summed E-state index contributed by atoms with van der Waals surface area (Å²) in [6.45, 7) is 3.34. The van der Waals surface area contributed by atoms with Crippen LogP contribution in [-0.4, -0.2) is 41.9 Å². The number of aliphatic hydroxyl groups is 1. The Morgan fingerprint density at radius 1 is 1.43 bits per heavy atom. The Hall–Kier alpha value is -1.66. The standard InChI is InChI=1S/C17H24N2O4/c1-12-4-7-19(13-2-3-13)16(22)14(12)15(21)18-10-17(11-20)5-8-23-9-6-17/h4,7,13,20H,2-3,5-6,8-11H2,1H3,(H,18,21). The molecule has 0 aromatic carbocycles. The molecule has 2 aliphatic rings.